The van der Waals surface area contributed by atoms with Crippen molar-refractivity contribution in [2.75, 3.05) is 0 Å². The first-order chi connectivity index (χ1) is 9.43. The van der Waals surface area contributed by atoms with Crippen molar-refractivity contribution in [2.24, 2.45) is 5.73 Å². The monoisotopic (exact) mass is 282 g/mol. The Morgan fingerprint density at radius 1 is 1.40 bits per heavy atom. The highest BCUT2D eigenvalue weighted by Gasteiger charge is 2.17. The first-order valence-corrected chi connectivity index (χ1v) is 6.93. The van der Waals surface area contributed by atoms with E-state index < -0.39 is 12.1 Å². The number of aliphatic hydroxyl groups is 1. The normalized spacial score (nSPS) is 15.4. The van der Waals surface area contributed by atoms with E-state index >= 15 is 0 Å². The van der Waals surface area contributed by atoms with Crippen molar-refractivity contribution in [3.8, 4) is 0 Å². The van der Waals surface area contributed by atoms with E-state index in [-0.39, 0.29) is 17.8 Å². The summed E-state index contributed by atoms with van der Waals surface area (Å²) in [5.74, 6) is -0.543. The molecular formula is C15H23FN2O2. The van der Waals surface area contributed by atoms with E-state index in [9.17, 15) is 14.3 Å². The summed E-state index contributed by atoms with van der Waals surface area (Å²) >= 11 is 0. The van der Waals surface area contributed by atoms with Gasteiger partial charge in [-0.2, -0.15) is 0 Å². The number of rotatable bonds is 7. The van der Waals surface area contributed by atoms with Crippen LogP contribution < -0.4 is 11.1 Å². The van der Waals surface area contributed by atoms with E-state index in [1.54, 1.807) is 0 Å². The molecule has 0 heterocycles. The molecule has 0 aliphatic carbocycles. The van der Waals surface area contributed by atoms with E-state index in [0.29, 0.717) is 18.4 Å². The summed E-state index contributed by atoms with van der Waals surface area (Å²) in [6.45, 7) is 3.78. The van der Waals surface area contributed by atoms with Gasteiger partial charge in [-0.05, 0) is 37.5 Å². The average Bonchev–Trinajstić information content (AvgIpc) is 2.39. The Labute approximate surface area is 119 Å². The molecule has 112 valence electrons. The molecule has 0 bridgehead atoms. The largest absolute Gasteiger partial charge is 0.388 e. The van der Waals surface area contributed by atoms with Gasteiger partial charge in [0.2, 0.25) is 5.91 Å². The van der Waals surface area contributed by atoms with Crippen LogP contribution in [-0.4, -0.2) is 23.1 Å². The number of carbonyl (C=O) groups is 1. The van der Waals surface area contributed by atoms with Gasteiger partial charge in [-0.15, -0.1) is 0 Å². The van der Waals surface area contributed by atoms with Crippen LogP contribution in [0.15, 0.2) is 24.3 Å². The van der Waals surface area contributed by atoms with Crippen molar-refractivity contribution in [3.63, 3.8) is 0 Å². The molecule has 4 nitrogen and oxygen atoms in total. The predicted molar refractivity (Wildman–Crippen MR) is 76.5 cm³/mol. The molecule has 0 spiro atoms. The van der Waals surface area contributed by atoms with Gasteiger partial charge in [-0.3, -0.25) is 4.79 Å². The fourth-order valence-electron chi connectivity index (χ4n) is 2.01. The quantitative estimate of drug-likeness (QED) is 0.715. The molecule has 0 aromatic heterocycles. The fourth-order valence-corrected chi connectivity index (χ4v) is 2.01. The van der Waals surface area contributed by atoms with Crippen LogP contribution in [0.5, 0.6) is 0 Å². The van der Waals surface area contributed by atoms with Crippen molar-refractivity contribution in [3.05, 3.63) is 35.6 Å². The summed E-state index contributed by atoms with van der Waals surface area (Å²) in [5.41, 5.74) is 6.35. The predicted octanol–water partition coefficient (Wildman–Crippen LogP) is 1.88. The van der Waals surface area contributed by atoms with Crippen LogP contribution in [0.2, 0.25) is 0 Å². The zero-order valence-electron chi connectivity index (χ0n) is 12.0. The Morgan fingerprint density at radius 2 is 2.00 bits per heavy atom. The van der Waals surface area contributed by atoms with Gasteiger partial charge < -0.3 is 16.2 Å². The molecule has 0 saturated carbocycles. The smallest absolute Gasteiger partial charge is 0.237 e. The molecule has 20 heavy (non-hydrogen) atoms. The number of hydrogen-bond acceptors (Lipinski definition) is 3. The molecule has 1 aromatic rings. The van der Waals surface area contributed by atoms with Crippen LogP contribution in [0.25, 0.3) is 0 Å². The van der Waals surface area contributed by atoms with Gasteiger partial charge in [-0.1, -0.05) is 25.5 Å². The number of halogens is 1. The number of carbonyl (C=O) groups excluding carboxylic acids is 1. The molecule has 3 unspecified atom stereocenters. The summed E-state index contributed by atoms with van der Waals surface area (Å²) in [6, 6.07) is 4.97. The van der Waals surface area contributed by atoms with Crippen LogP contribution >= 0.6 is 0 Å². The Balaban J connectivity index is 2.47. The number of amides is 1. The van der Waals surface area contributed by atoms with Crippen molar-refractivity contribution in [1.82, 2.24) is 5.32 Å². The maximum atomic E-state index is 12.8. The van der Waals surface area contributed by atoms with Crippen LogP contribution in [-0.2, 0) is 4.79 Å². The first kappa shape index (κ1) is 16.6. The molecular weight excluding hydrogens is 259 g/mol. The molecule has 1 aromatic carbocycles. The maximum Gasteiger partial charge on any atom is 0.237 e. The van der Waals surface area contributed by atoms with E-state index in [1.807, 2.05) is 13.8 Å². The SMILES string of the molecule is CCCC(N)C(=O)NC(C)CC(O)c1ccc(F)cc1. The minimum absolute atomic E-state index is 0.203. The van der Waals surface area contributed by atoms with Crippen molar-refractivity contribution in [2.45, 2.75) is 51.3 Å². The minimum atomic E-state index is -0.742. The first-order valence-electron chi connectivity index (χ1n) is 6.93. The lowest BCUT2D eigenvalue weighted by Crippen LogP contribution is -2.44. The van der Waals surface area contributed by atoms with E-state index in [0.717, 1.165) is 6.42 Å². The molecule has 5 heteroatoms. The van der Waals surface area contributed by atoms with Crippen molar-refractivity contribution in [1.29, 1.82) is 0 Å². The third kappa shape index (κ3) is 5.27. The second kappa shape index (κ2) is 7.97. The standard InChI is InChI=1S/C15H23FN2O2/c1-3-4-13(17)15(20)18-10(2)9-14(19)11-5-7-12(16)8-6-11/h5-8,10,13-14,19H,3-4,9,17H2,1-2H3,(H,18,20). The van der Waals surface area contributed by atoms with E-state index in [4.69, 9.17) is 5.73 Å². The molecule has 1 amide bonds. The topological polar surface area (TPSA) is 75.4 Å². The fraction of sp³-hybridized carbons (Fsp3) is 0.533. The Morgan fingerprint density at radius 3 is 2.55 bits per heavy atom. The molecule has 0 saturated heterocycles. The zero-order chi connectivity index (χ0) is 15.1. The van der Waals surface area contributed by atoms with Gasteiger partial charge in [0.1, 0.15) is 5.82 Å². The third-order valence-electron chi connectivity index (χ3n) is 3.16. The lowest BCUT2D eigenvalue weighted by Gasteiger charge is -2.20. The van der Waals surface area contributed by atoms with Crippen molar-refractivity contribution < 1.29 is 14.3 Å². The Hall–Kier alpha value is -1.46. The molecule has 4 N–H and O–H groups in total. The second-order valence-electron chi connectivity index (χ2n) is 5.11. The Bertz CT molecular complexity index is 422. The van der Waals surface area contributed by atoms with Gasteiger partial charge in [0, 0.05) is 6.04 Å². The van der Waals surface area contributed by atoms with Crippen molar-refractivity contribution >= 4 is 5.91 Å². The van der Waals surface area contributed by atoms with Crippen LogP contribution in [0.4, 0.5) is 4.39 Å². The van der Waals surface area contributed by atoms with Gasteiger partial charge in [0.05, 0.1) is 12.1 Å². The minimum Gasteiger partial charge on any atom is -0.388 e. The van der Waals surface area contributed by atoms with Crippen LogP contribution in [0.1, 0.15) is 44.8 Å². The number of nitrogens with one attached hydrogen (secondary N) is 1. The summed E-state index contributed by atoms with van der Waals surface area (Å²) < 4.78 is 12.8. The van der Waals surface area contributed by atoms with E-state index in [2.05, 4.69) is 5.32 Å². The second-order valence-corrected chi connectivity index (χ2v) is 5.11. The Kier molecular flexibility index (Phi) is 6.61. The molecule has 0 aliphatic rings. The van der Waals surface area contributed by atoms with Gasteiger partial charge >= 0.3 is 0 Å². The lowest BCUT2D eigenvalue weighted by molar-refractivity contribution is -0.123. The van der Waals surface area contributed by atoms with E-state index in [1.165, 1.54) is 24.3 Å². The molecule has 3 atom stereocenters. The van der Waals surface area contributed by atoms with Gasteiger partial charge in [0.25, 0.3) is 0 Å². The van der Waals surface area contributed by atoms with Crippen LogP contribution in [0, 0.1) is 5.82 Å². The molecule has 0 fully saturated rings. The summed E-state index contributed by atoms with van der Waals surface area (Å²) in [7, 11) is 0. The highest BCUT2D eigenvalue weighted by atomic mass is 19.1. The molecule has 0 radical (unpaired) electrons. The molecule has 1 rings (SSSR count). The van der Waals surface area contributed by atoms with Gasteiger partial charge in [0.15, 0.2) is 0 Å². The average molecular weight is 282 g/mol. The zero-order valence-corrected chi connectivity index (χ0v) is 12.0. The molecule has 0 aliphatic heterocycles. The maximum absolute atomic E-state index is 12.8. The summed E-state index contributed by atoms with van der Waals surface area (Å²) in [5, 5.41) is 12.8. The number of nitrogens with two attached hydrogens (primary N) is 1. The third-order valence-corrected chi connectivity index (χ3v) is 3.16. The van der Waals surface area contributed by atoms with Gasteiger partial charge in [-0.25, -0.2) is 4.39 Å². The highest BCUT2D eigenvalue weighted by molar-refractivity contribution is 5.81. The number of aliphatic hydroxyl groups excluding tert-OH is 1. The summed E-state index contributed by atoms with van der Waals surface area (Å²) in [4.78, 5) is 11.7. The number of hydrogen-bond donors (Lipinski definition) is 3. The summed E-state index contributed by atoms with van der Waals surface area (Å²) in [6.07, 6.45) is 1.10. The number of benzene rings is 1. The lowest BCUT2D eigenvalue weighted by atomic mass is 10.0. The van der Waals surface area contributed by atoms with Crippen LogP contribution in [0.3, 0.4) is 0 Å². The highest BCUT2D eigenvalue weighted by Crippen LogP contribution is 2.18.